The Morgan fingerprint density at radius 3 is 2.75 bits per heavy atom. The monoisotopic (exact) mass is 480 g/mol. The van der Waals surface area contributed by atoms with E-state index in [1.54, 1.807) is 12.3 Å². The molecule has 32 heavy (non-hydrogen) atoms. The first-order chi connectivity index (χ1) is 15.6. The SMILES string of the molecule is CC1=NC2C=CC(Br)=CC2C(c2ccccc2)=C1C(=O)/C=C/c1ccc2cccnc2c1. The average Bonchev–Trinajstić information content (AvgIpc) is 2.82. The highest BCUT2D eigenvalue weighted by Gasteiger charge is 2.33. The summed E-state index contributed by atoms with van der Waals surface area (Å²) in [5, 5.41) is 1.08. The van der Waals surface area contributed by atoms with Crippen LogP contribution in [0.3, 0.4) is 0 Å². The van der Waals surface area contributed by atoms with Crippen LogP contribution in [0.5, 0.6) is 0 Å². The second-order valence-corrected chi connectivity index (χ2v) is 8.87. The number of fused-ring (bicyclic) bond motifs is 2. The van der Waals surface area contributed by atoms with Gasteiger partial charge in [0, 0.05) is 33.3 Å². The van der Waals surface area contributed by atoms with Crippen molar-refractivity contribution in [3.8, 4) is 0 Å². The first-order valence-corrected chi connectivity index (χ1v) is 11.4. The molecule has 3 aromatic rings. The van der Waals surface area contributed by atoms with Crippen molar-refractivity contribution in [2.24, 2.45) is 10.9 Å². The quantitative estimate of drug-likeness (QED) is 0.395. The van der Waals surface area contributed by atoms with Crippen LogP contribution in [0.4, 0.5) is 0 Å². The second kappa shape index (κ2) is 8.64. The van der Waals surface area contributed by atoms with Crippen LogP contribution in [0.2, 0.25) is 0 Å². The van der Waals surface area contributed by atoms with Crippen LogP contribution in [-0.4, -0.2) is 22.5 Å². The summed E-state index contributed by atoms with van der Waals surface area (Å²) in [6.07, 6.45) is 11.6. The van der Waals surface area contributed by atoms with E-state index in [1.165, 1.54) is 0 Å². The molecule has 4 heteroatoms. The predicted octanol–water partition coefficient (Wildman–Crippen LogP) is 6.58. The molecule has 2 aliphatic rings. The van der Waals surface area contributed by atoms with Crippen molar-refractivity contribution in [1.29, 1.82) is 0 Å². The zero-order valence-corrected chi connectivity index (χ0v) is 19.2. The Labute approximate surface area is 195 Å². The Balaban J connectivity index is 1.57. The molecule has 2 heterocycles. The van der Waals surface area contributed by atoms with Crippen LogP contribution < -0.4 is 0 Å². The first kappa shape index (κ1) is 20.5. The van der Waals surface area contributed by atoms with Gasteiger partial charge < -0.3 is 0 Å². The molecule has 2 atom stereocenters. The summed E-state index contributed by atoms with van der Waals surface area (Å²) in [6.45, 7) is 1.93. The molecule has 0 bridgehead atoms. The number of benzene rings is 2. The molecule has 2 aromatic carbocycles. The van der Waals surface area contributed by atoms with Crippen molar-refractivity contribution in [2.45, 2.75) is 13.0 Å². The molecule has 1 aliphatic heterocycles. The Bertz CT molecular complexity index is 1360. The minimum absolute atomic E-state index is 0.00130. The van der Waals surface area contributed by atoms with E-state index < -0.39 is 0 Å². The molecule has 0 amide bonds. The Kier molecular flexibility index (Phi) is 5.54. The minimum atomic E-state index is -0.0382. The van der Waals surface area contributed by atoms with E-state index in [0.29, 0.717) is 5.57 Å². The number of halogens is 1. The Morgan fingerprint density at radius 1 is 1.06 bits per heavy atom. The predicted molar refractivity (Wildman–Crippen MR) is 136 cm³/mol. The largest absolute Gasteiger partial charge is 0.289 e. The Morgan fingerprint density at radius 2 is 1.91 bits per heavy atom. The molecule has 0 saturated carbocycles. The van der Waals surface area contributed by atoms with Crippen molar-refractivity contribution in [3.63, 3.8) is 0 Å². The lowest BCUT2D eigenvalue weighted by atomic mass is 9.77. The molecule has 1 aromatic heterocycles. The topological polar surface area (TPSA) is 42.3 Å². The first-order valence-electron chi connectivity index (χ1n) is 10.6. The highest BCUT2D eigenvalue weighted by atomic mass is 79.9. The number of allylic oxidation sites excluding steroid dienone is 4. The third kappa shape index (κ3) is 3.94. The maximum Gasteiger partial charge on any atom is 0.187 e. The molecule has 156 valence electrons. The van der Waals surface area contributed by atoms with Gasteiger partial charge >= 0.3 is 0 Å². The molecular formula is C28H21BrN2O. The second-order valence-electron chi connectivity index (χ2n) is 7.95. The number of carbonyl (C=O) groups is 1. The van der Waals surface area contributed by atoms with Gasteiger partial charge in [0.25, 0.3) is 0 Å². The summed E-state index contributed by atoms with van der Waals surface area (Å²) in [4.78, 5) is 22.8. The summed E-state index contributed by atoms with van der Waals surface area (Å²) in [5.74, 6) is -0.0264. The summed E-state index contributed by atoms with van der Waals surface area (Å²) < 4.78 is 1.01. The summed E-state index contributed by atoms with van der Waals surface area (Å²) in [5.41, 5.74) is 5.39. The van der Waals surface area contributed by atoms with Crippen LogP contribution in [-0.2, 0) is 4.79 Å². The summed E-state index contributed by atoms with van der Waals surface area (Å²) >= 11 is 3.60. The summed E-state index contributed by atoms with van der Waals surface area (Å²) in [7, 11) is 0. The molecule has 2 unspecified atom stereocenters. The van der Waals surface area contributed by atoms with Gasteiger partial charge in [0.05, 0.1) is 11.6 Å². The van der Waals surface area contributed by atoms with Crippen molar-refractivity contribution < 1.29 is 4.79 Å². The van der Waals surface area contributed by atoms with Crippen molar-refractivity contribution in [3.05, 3.63) is 112 Å². The van der Waals surface area contributed by atoms with E-state index in [-0.39, 0.29) is 17.7 Å². The lowest BCUT2D eigenvalue weighted by molar-refractivity contribution is -0.110. The van der Waals surface area contributed by atoms with E-state index in [2.05, 4.69) is 45.2 Å². The molecule has 0 N–H and O–H groups in total. The zero-order chi connectivity index (χ0) is 22.1. The van der Waals surface area contributed by atoms with Gasteiger partial charge in [0.1, 0.15) is 0 Å². The van der Waals surface area contributed by atoms with E-state index in [9.17, 15) is 4.79 Å². The van der Waals surface area contributed by atoms with Gasteiger partial charge in [0.15, 0.2) is 5.78 Å². The molecule has 5 rings (SSSR count). The normalized spacial score (nSPS) is 20.3. The Hall–Kier alpha value is -3.37. The van der Waals surface area contributed by atoms with Gasteiger partial charge in [-0.15, -0.1) is 0 Å². The van der Waals surface area contributed by atoms with Gasteiger partial charge in [0.2, 0.25) is 0 Å². The van der Waals surface area contributed by atoms with Gasteiger partial charge in [-0.25, -0.2) is 0 Å². The average molecular weight is 481 g/mol. The molecule has 0 fully saturated rings. The number of carbonyl (C=O) groups excluding carboxylic acids is 1. The minimum Gasteiger partial charge on any atom is -0.289 e. The van der Waals surface area contributed by atoms with Gasteiger partial charge in [-0.1, -0.05) is 88.8 Å². The third-order valence-electron chi connectivity index (χ3n) is 5.85. The highest BCUT2D eigenvalue weighted by molar-refractivity contribution is 9.11. The van der Waals surface area contributed by atoms with Crippen molar-refractivity contribution in [1.82, 2.24) is 4.98 Å². The number of rotatable bonds is 4. The highest BCUT2D eigenvalue weighted by Crippen LogP contribution is 2.40. The van der Waals surface area contributed by atoms with Gasteiger partial charge in [-0.05, 0) is 41.8 Å². The third-order valence-corrected chi connectivity index (χ3v) is 6.38. The number of pyridine rings is 1. The van der Waals surface area contributed by atoms with E-state index in [4.69, 9.17) is 4.99 Å². The van der Waals surface area contributed by atoms with E-state index in [0.717, 1.165) is 37.8 Å². The van der Waals surface area contributed by atoms with E-state index in [1.807, 2.05) is 67.6 Å². The van der Waals surface area contributed by atoms with Crippen LogP contribution >= 0.6 is 15.9 Å². The van der Waals surface area contributed by atoms with Crippen LogP contribution in [0.15, 0.2) is 106 Å². The molecule has 0 radical (unpaired) electrons. The molecule has 3 nitrogen and oxygen atoms in total. The van der Waals surface area contributed by atoms with E-state index >= 15 is 0 Å². The number of dihydropyridines is 1. The summed E-state index contributed by atoms with van der Waals surface area (Å²) in [6, 6.07) is 20.1. The molecular weight excluding hydrogens is 460 g/mol. The molecule has 0 spiro atoms. The number of aliphatic imine (C=N–C) groups is 1. The maximum absolute atomic E-state index is 13.5. The van der Waals surface area contributed by atoms with Crippen LogP contribution in [0.1, 0.15) is 18.1 Å². The molecule has 1 aliphatic carbocycles. The zero-order valence-electron chi connectivity index (χ0n) is 17.6. The number of ketones is 1. The fraction of sp³-hybridized carbons (Fsp3) is 0.107. The molecule has 0 saturated heterocycles. The lowest BCUT2D eigenvalue weighted by Gasteiger charge is -2.31. The van der Waals surface area contributed by atoms with Crippen LogP contribution in [0.25, 0.3) is 22.6 Å². The number of hydrogen-bond donors (Lipinski definition) is 0. The number of aromatic nitrogens is 1. The standard InChI is InChI=1S/C28H21BrN2O/c1-18-27(26(32)14-10-19-9-11-20-8-5-15-30-25(20)16-19)28(21-6-3-2-4-7-21)23-17-22(29)12-13-24(23)31-18/h2-17,23-24H,1H3/b14-10+. The van der Waals surface area contributed by atoms with Crippen molar-refractivity contribution in [2.75, 3.05) is 0 Å². The van der Waals surface area contributed by atoms with Crippen LogP contribution in [0, 0.1) is 5.92 Å². The fourth-order valence-electron chi connectivity index (χ4n) is 4.37. The lowest BCUT2D eigenvalue weighted by Crippen LogP contribution is -2.29. The number of nitrogens with zero attached hydrogens (tertiary/aromatic N) is 2. The van der Waals surface area contributed by atoms with Gasteiger partial charge in [-0.2, -0.15) is 0 Å². The number of hydrogen-bond acceptors (Lipinski definition) is 3. The maximum atomic E-state index is 13.5. The van der Waals surface area contributed by atoms with Crippen molar-refractivity contribution >= 4 is 50.0 Å². The van der Waals surface area contributed by atoms with Gasteiger partial charge in [-0.3, -0.25) is 14.8 Å². The smallest absolute Gasteiger partial charge is 0.187 e. The fourth-order valence-corrected chi connectivity index (χ4v) is 4.81.